The van der Waals surface area contributed by atoms with E-state index in [2.05, 4.69) is 30.1 Å². The van der Waals surface area contributed by atoms with Gasteiger partial charge in [-0.1, -0.05) is 25.4 Å². The topological polar surface area (TPSA) is 62.7 Å². The fourth-order valence-corrected chi connectivity index (χ4v) is 2.91. The summed E-state index contributed by atoms with van der Waals surface area (Å²) >= 11 is 0. The molecule has 1 heterocycles. The van der Waals surface area contributed by atoms with Crippen LogP contribution < -0.4 is 0 Å². The number of allylic oxidation sites excluding steroid dienone is 2. The molecule has 2 fully saturated rings. The predicted octanol–water partition coefficient (Wildman–Crippen LogP) is 3.82. The van der Waals surface area contributed by atoms with Gasteiger partial charge in [-0.25, -0.2) is 0 Å². The average molecular weight is 257 g/mol. The molecular formula is C15H19N3O. The van der Waals surface area contributed by atoms with Crippen molar-refractivity contribution in [1.82, 2.24) is 10.1 Å². The molecule has 0 N–H and O–H groups in total. The van der Waals surface area contributed by atoms with Gasteiger partial charge in [0.05, 0.1) is 0 Å². The van der Waals surface area contributed by atoms with Gasteiger partial charge in [0.2, 0.25) is 0 Å². The molecule has 4 heteroatoms. The van der Waals surface area contributed by atoms with Crippen LogP contribution in [-0.4, -0.2) is 10.1 Å². The molecular weight excluding hydrogens is 238 g/mol. The van der Waals surface area contributed by atoms with E-state index in [0.717, 1.165) is 37.9 Å². The fourth-order valence-electron chi connectivity index (χ4n) is 2.91. The standard InChI is InChI=1S/C15H19N3O/c1-15(2)8-4-3-5-12(15)11(9-16)14-17-13(18-19-14)10-6-7-10/h10H,3-8H2,1-2H3/b12-11+. The van der Waals surface area contributed by atoms with Crippen molar-refractivity contribution in [2.24, 2.45) is 5.41 Å². The molecule has 4 nitrogen and oxygen atoms in total. The van der Waals surface area contributed by atoms with Gasteiger partial charge in [0, 0.05) is 5.92 Å². The number of hydrogen-bond acceptors (Lipinski definition) is 4. The summed E-state index contributed by atoms with van der Waals surface area (Å²) in [5, 5.41) is 13.5. The first-order valence-corrected chi connectivity index (χ1v) is 7.09. The van der Waals surface area contributed by atoms with Crippen LogP contribution in [0.15, 0.2) is 10.1 Å². The maximum Gasteiger partial charge on any atom is 0.268 e. The van der Waals surface area contributed by atoms with E-state index in [1.165, 1.54) is 12.0 Å². The van der Waals surface area contributed by atoms with Crippen LogP contribution in [0.2, 0.25) is 0 Å². The van der Waals surface area contributed by atoms with Gasteiger partial charge in [-0.05, 0) is 43.1 Å². The highest BCUT2D eigenvalue weighted by Crippen LogP contribution is 2.44. The summed E-state index contributed by atoms with van der Waals surface area (Å²) in [5.41, 5.74) is 1.87. The molecule has 3 rings (SSSR count). The largest absolute Gasteiger partial charge is 0.333 e. The lowest BCUT2D eigenvalue weighted by Crippen LogP contribution is -2.20. The van der Waals surface area contributed by atoms with Crippen molar-refractivity contribution in [2.45, 2.75) is 58.3 Å². The van der Waals surface area contributed by atoms with Crippen molar-refractivity contribution in [3.8, 4) is 6.07 Å². The Bertz CT molecular complexity index is 558. The number of nitriles is 1. The zero-order chi connectivity index (χ0) is 13.5. The third-order valence-corrected chi connectivity index (χ3v) is 4.31. The Hall–Kier alpha value is -1.63. The van der Waals surface area contributed by atoms with E-state index in [0.29, 0.717) is 17.4 Å². The van der Waals surface area contributed by atoms with E-state index >= 15 is 0 Å². The van der Waals surface area contributed by atoms with Crippen molar-refractivity contribution in [2.75, 3.05) is 0 Å². The minimum Gasteiger partial charge on any atom is -0.333 e. The second kappa shape index (κ2) is 4.48. The Kier molecular flexibility index (Phi) is 2.93. The van der Waals surface area contributed by atoms with Crippen LogP contribution in [0, 0.1) is 16.7 Å². The van der Waals surface area contributed by atoms with Gasteiger partial charge in [0.1, 0.15) is 11.6 Å². The van der Waals surface area contributed by atoms with Crippen LogP contribution in [0.5, 0.6) is 0 Å². The van der Waals surface area contributed by atoms with Gasteiger partial charge in [-0.3, -0.25) is 0 Å². The number of hydrogen-bond donors (Lipinski definition) is 0. The fraction of sp³-hybridized carbons (Fsp3) is 0.667. The molecule has 1 aromatic rings. The molecule has 2 saturated carbocycles. The van der Waals surface area contributed by atoms with Crippen LogP contribution in [0.1, 0.15) is 70.0 Å². The molecule has 0 unspecified atom stereocenters. The normalized spacial score (nSPS) is 24.9. The Labute approximate surface area is 113 Å². The molecule has 2 aliphatic rings. The van der Waals surface area contributed by atoms with Crippen LogP contribution in [0.25, 0.3) is 5.57 Å². The molecule has 0 bridgehead atoms. The molecule has 0 atom stereocenters. The lowest BCUT2D eigenvalue weighted by Gasteiger charge is -2.33. The van der Waals surface area contributed by atoms with Crippen molar-refractivity contribution < 1.29 is 4.52 Å². The van der Waals surface area contributed by atoms with Crippen LogP contribution >= 0.6 is 0 Å². The summed E-state index contributed by atoms with van der Waals surface area (Å²) in [5.74, 6) is 1.66. The number of aromatic nitrogens is 2. The summed E-state index contributed by atoms with van der Waals surface area (Å²) in [6.45, 7) is 4.41. The van der Waals surface area contributed by atoms with Gasteiger partial charge in [0.25, 0.3) is 5.89 Å². The zero-order valence-electron chi connectivity index (χ0n) is 11.6. The van der Waals surface area contributed by atoms with Crippen LogP contribution in [-0.2, 0) is 0 Å². The number of nitrogens with zero attached hydrogens (tertiary/aromatic N) is 3. The minimum atomic E-state index is 0.0670. The van der Waals surface area contributed by atoms with Crippen molar-refractivity contribution in [3.63, 3.8) is 0 Å². The Morgan fingerprint density at radius 1 is 1.37 bits per heavy atom. The molecule has 100 valence electrons. The first-order chi connectivity index (χ1) is 9.12. The van der Waals surface area contributed by atoms with E-state index in [9.17, 15) is 5.26 Å². The van der Waals surface area contributed by atoms with Gasteiger partial charge in [-0.15, -0.1) is 0 Å². The van der Waals surface area contributed by atoms with E-state index in [1.54, 1.807) is 0 Å². The lowest BCUT2D eigenvalue weighted by molar-refractivity contribution is 0.335. The minimum absolute atomic E-state index is 0.0670. The summed E-state index contributed by atoms with van der Waals surface area (Å²) < 4.78 is 5.32. The Morgan fingerprint density at radius 2 is 2.16 bits per heavy atom. The summed E-state index contributed by atoms with van der Waals surface area (Å²) in [7, 11) is 0. The lowest BCUT2D eigenvalue weighted by atomic mass is 9.71. The highest BCUT2D eigenvalue weighted by atomic mass is 16.5. The van der Waals surface area contributed by atoms with E-state index in [1.807, 2.05) is 0 Å². The second-order valence-electron chi connectivity index (χ2n) is 6.29. The van der Waals surface area contributed by atoms with Crippen molar-refractivity contribution in [1.29, 1.82) is 5.26 Å². The summed E-state index contributed by atoms with van der Waals surface area (Å²) in [6.07, 6.45) is 6.75. The number of rotatable bonds is 2. The molecule has 19 heavy (non-hydrogen) atoms. The zero-order valence-corrected chi connectivity index (χ0v) is 11.6. The second-order valence-corrected chi connectivity index (χ2v) is 6.29. The van der Waals surface area contributed by atoms with E-state index in [4.69, 9.17) is 4.52 Å². The predicted molar refractivity (Wildman–Crippen MR) is 71.1 cm³/mol. The van der Waals surface area contributed by atoms with Crippen molar-refractivity contribution in [3.05, 3.63) is 17.3 Å². The summed E-state index contributed by atoms with van der Waals surface area (Å²) in [4.78, 5) is 4.43. The molecule has 0 aromatic carbocycles. The average Bonchev–Trinajstić information content (AvgIpc) is 3.12. The third-order valence-electron chi connectivity index (χ3n) is 4.31. The summed E-state index contributed by atoms with van der Waals surface area (Å²) in [6, 6.07) is 2.30. The Morgan fingerprint density at radius 3 is 2.79 bits per heavy atom. The SMILES string of the molecule is CC1(C)CCCC/C1=C(/C#N)c1nc(C2CC2)no1. The molecule has 0 saturated heterocycles. The van der Waals surface area contributed by atoms with Crippen molar-refractivity contribution >= 4 is 5.57 Å². The maximum absolute atomic E-state index is 9.49. The molecule has 0 amide bonds. The molecule has 2 aliphatic carbocycles. The molecule has 0 spiro atoms. The monoisotopic (exact) mass is 257 g/mol. The molecule has 1 aromatic heterocycles. The smallest absolute Gasteiger partial charge is 0.268 e. The van der Waals surface area contributed by atoms with Crippen LogP contribution in [0.4, 0.5) is 0 Å². The van der Waals surface area contributed by atoms with Gasteiger partial charge in [-0.2, -0.15) is 10.2 Å². The maximum atomic E-state index is 9.49. The highest BCUT2D eigenvalue weighted by molar-refractivity contribution is 5.75. The third kappa shape index (κ3) is 2.30. The van der Waals surface area contributed by atoms with Gasteiger partial charge in [0.15, 0.2) is 5.82 Å². The highest BCUT2D eigenvalue weighted by Gasteiger charge is 2.33. The molecule has 0 aliphatic heterocycles. The van der Waals surface area contributed by atoms with Gasteiger partial charge < -0.3 is 4.52 Å². The Balaban J connectivity index is 2.00. The van der Waals surface area contributed by atoms with Crippen LogP contribution in [0.3, 0.4) is 0 Å². The molecule has 0 radical (unpaired) electrons. The van der Waals surface area contributed by atoms with E-state index < -0.39 is 0 Å². The first kappa shape index (κ1) is 12.4. The van der Waals surface area contributed by atoms with E-state index in [-0.39, 0.29) is 5.41 Å². The quantitative estimate of drug-likeness (QED) is 0.755. The van der Waals surface area contributed by atoms with Gasteiger partial charge >= 0.3 is 0 Å². The first-order valence-electron chi connectivity index (χ1n) is 7.09.